The van der Waals surface area contributed by atoms with E-state index in [4.69, 9.17) is 10.1 Å². The van der Waals surface area contributed by atoms with E-state index in [2.05, 4.69) is 10.6 Å². The number of carbonyl (C=O) groups is 2. The van der Waals surface area contributed by atoms with Crippen LogP contribution in [0.4, 0.5) is 0 Å². The molecule has 2 aromatic rings. The molecule has 0 unspecified atom stereocenters. The molecule has 2 aliphatic rings. The van der Waals surface area contributed by atoms with Gasteiger partial charge in [-0.05, 0) is 56.0 Å². The summed E-state index contributed by atoms with van der Waals surface area (Å²) in [7, 11) is 0. The van der Waals surface area contributed by atoms with Gasteiger partial charge in [0.1, 0.15) is 0 Å². The monoisotopic (exact) mass is 478 g/mol. The summed E-state index contributed by atoms with van der Waals surface area (Å²) in [5, 5.41) is 25.1. The third kappa shape index (κ3) is 5.39. The van der Waals surface area contributed by atoms with E-state index in [0.717, 1.165) is 16.7 Å². The number of rotatable bonds is 8. The molecule has 4 N–H and O–H groups in total. The van der Waals surface area contributed by atoms with Crippen molar-refractivity contribution < 1.29 is 19.4 Å². The molecule has 8 heteroatoms. The maximum Gasteiger partial charge on any atom is 0.251 e. The van der Waals surface area contributed by atoms with Gasteiger partial charge < -0.3 is 20.5 Å². The van der Waals surface area contributed by atoms with Crippen LogP contribution in [0, 0.1) is 5.41 Å². The molecule has 0 bridgehead atoms. The van der Waals surface area contributed by atoms with Gasteiger partial charge in [0.2, 0.25) is 5.91 Å². The van der Waals surface area contributed by atoms with Crippen molar-refractivity contribution in [2.24, 2.45) is 0 Å². The molecular weight excluding hydrogens is 444 g/mol. The van der Waals surface area contributed by atoms with E-state index in [1.54, 1.807) is 18.2 Å². The number of fused-ring (bicyclic) bond motifs is 1. The Hall–Kier alpha value is -3.23. The van der Waals surface area contributed by atoms with Crippen LogP contribution in [0.1, 0.15) is 72.7 Å². The smallest absolute Gasteiger partial charge is 0.251 e. The fourth-order valence-corrected chi connectivity index (χ4v) is 4.99. The van der Waals surface area contributed by atoms with Gasteiger partial charge in [0.05, 0.1) is 18.2 Å². The largest absolute Gasteiger partial charge is 0.390 e. The van der Waals surface area contributed by atoms with Crippen LogP contribution in [0.3, 0.4) is 0 Å². The topological polar surface area (TPSA) is 115 Å². The van der Waals surface area contributed by atoms with Gasteiger partial charge in [-0.15, -0.1) is 0 Å². The number of hydrogen-bond acceptors (Lipinski definition) is 5. The Morgan fingerprint density at radius 2 is 2.06 bits per heavy atom. The fraction of sp³-hybridized carbons (Fsp3) is 0.444. The van der Waals surface area contributed by atoms with E-state index < -0.39 is 23.7 Å². The summed E-state index contributed by atoms with van der Waals surface area (Å²) in [5.74, 6) is -0.385. The number of ether oxygens (including phenoxy) is 1. The summed E-state index contributed by atoms with van der Waals surface area (Å²) in [5.41, 5.74) is 2.66. The molecule has 1 aliphatic heterocycles. The number of aliphatic hydroxyl groups excluding tert-OH is 1. The molecule has 1 aliphatic carbocycles. The summed E-state index contributed by atoms with van der Waals surface area (Å²) >= 11 is 0. The van der Waals surface area contributed by atoms with Gasteiger partial charge >= 0.3 is 0 Å². The maximum atomic E-state index is 13.2. The minimum Gasteiger partial charge on any atom is -0.390 e. The van der Waals surface area contributed by atoms with Crippen LogP contribution in [-0.2, 0) is 16.0 Å². The Morgan fingerprint density at radius 3 is 2.80 bits per heavy atom. The molecule has 2 amide bonds. The predicted octanol–water partition coefficient (Wildman–Crippen LogP) is 3.08. The first-order valence-electron chi connectivity index (χ1n) is 12.1. The van der Waals surface area contributed by atoms with Gasteiger partial charge in [-0.3, -0.25) is 19.9 Å². The normalized spacial score (nSPS) is 21.9. The van der Waals surface area contributed by atoms with Crippen LogP contribution in [-0.4, -0.2) is 52.6 Å². The summed E-state index contributed by atoms with van der Waals surface area (Å²) < 4.78 is 5.56. The molecular formula is C27H34N4O4. The lowest BCUT2D eigenvalue weighted by atomic mass is 9.93. The van der Waals surface area contributed by atoms with E-state index in [1.165, 1.54) is 4.90 Å². The van der Waals surface area contributed by atoms with Crippen molar-refractivity contribution in [3.05, 3.63) is 70.8 Å². The van der Waals surface area contributed by atoms with Crippen LogP contribution in [0.15, 0.2) is 48.5 Å². The molecule has 1 saturated heterocycles. The van der Waals surface area contributed by atoms with E-state index in [9.17, 15) is 14.7 Å². The number of benzene rings is 2. The van der Waals surface area contributed by atoms with Crippen molar-refractivity contribution in [3.8, 4) is 0 Å². The first-order chi connectivity index (χ1) is 16.7. The van der Waals surface area contributed by atoms with Gasteiger partial charge in [-0.25, -0.2) is 0 Å². The highest BCUT2D eigenvalue weighted by Gasteiger charge is 2.39. The number of nitrogens with zero attached hydrogens (tertiary/aromatic N) is 1. The number of carbonyl (C=O) groups excluding carboxylic acids is 2. The van der Waals surface area contributed by atoms with Gasteiger partial charge in [-0.1, -0.05) is 36.4 Å². The molecule has 35 heavy (non-hydrogen) atoms. The van der Waals surface area contributed by atoms with E-state index in [1.807, 2.05) is 51.1 Å². The van der Waals surface area contributed by atoms with Crippen molar-refractivity contribution >= 4 is 17.8 Å². The number of hydrogen-bond donors (Lipinski definition) is 4. The molecule has 0 spiro atoms. The molecule has 0 aromatic heterocycles. The first kappa shape index (κ1) is 24.9. The molecule has 8 nitrogen and oxygen atoms in total. The van der Waals surface area contributed by atoms with Crippen LogP contribution in [0.25, 0.3) is 0 Å². The van der Waals surface area contributed by atoms with Crippen molar-refractivity contribution in [1.29, 1.82) is 5.41 Å². The first-order valence-corrected chi connectivity index (χ1v) is 12.1. The average Bonchev–Trinajstić information content (AvgIpc) is 3.12. The molecule has 1 fully saturated rings. The molecule has 3 atom stereocenters. The SMILES string of the molecule is CCOCC[C@H](c1cccc(C(=O)N[C@@H]2c3ccccc3C[C@H]2O)c1)N1C(=N)NC(C)(C)CC1=O. The Bertz CT molecular complexity index is 1100. The van der Waals surface area contributed by atoms with Crippen molar-refractivity contribution in [2.75, 3.05) is 13.2 Å². The Morgan fingerprint density at radius 1 is 1.29 bits per heavy atom. The third-order valence-corrected chi connectivity index (χ3v) is 6.64. The average molecular weight is 479 g/mol. The Labute approximate surface area is 206 Å². The molecule has 4 rings (SSSR count). The second-order valence-electron chi connectivity index (χ2n) is 9.85. The van der Waals surface area contributed by atoms with Crippen molar-refractivity contribution in [2.45, 2.75) is 63.8 Å². The maximum absolute atomic E-state index is 13.2. The van der Waals surface area contributed by atoms with Crippen LogP contribution < -0.4 is 10.6 Å². The van der Waals surface area contributed by atoms with E-state index in [-0.39, 0.29) is 24.2 Å². The quantitative estimate of drug-likeness (QED) is 0.436. The third-order valence-electron chi connectivity index (χ3n) is 6.64. The fourth-order valence-electron chi connectivity index (χ4n) is 4.99. The number of aliphatic hydroxyl groups is 1. The lowest BCUT2D eigenvalue weighted by Crippen LogP contribution is -2.60. The highest BCUT2D eigenvalue weighted by atomic mass is 16.5. The van der Waals surface area contributed by atoms with Gasteiger partial charge in [0.15, 0.2) is 5.96 Å². The number of guanidine groups is 1. The van der Waals surface area contributed by atoms with E-state index in [0.29, 0.717) is 31.6 Å². The van der Waals surface area contributed by atoms with Gasteiger partial charge in [-0.2, -0.15) is 0 Å². The summed E-state index contributed by atoms with van der Waals surface area (Å²) in [6, 6.07) is 13.9. The van der Waals surface area contributed by atoms with Gasteiger partial charge in [0.25, 0.3) is 5.91 Å². The standard InChI is InChI=1S/C27H34N4O4/c1-4-35-13-12-21(31-23(33)16-27(2,3)30-26(31)28)18-9-7-10-19(14-18)25(34)29-24-20-11-6-5-8-17(20)15-22(24)32/h5-11,14,21-22,24,32H,4,12-13,15-16H2,1-3H3,(H2,28,30)(H,29,34)/t21-,22-,24-/m1/s1. The Balaban J connectivity index is 1.58. The summed E-state index contributed by atoms with van der Waals surface area (Å²) in [6.45, 7) is 6.67. The van der Waals surface area contributed by atoms with Crippen molar-refractivity contribution in [3.63, 3.8) is 0 Å². The number of amides is 2. The minimum atomic E-state index is -0.681. The Kier molecular flexibility index (Phi) is 7.23. The summed E-state index contributed by atoms with van der Waals surface area (Å²) in [6.07, 6.45) is 0.576. The highest BCUT2D eigenvalue weighted by molar-refractivity contribution is 5.99. The van der Waals surface area contributed by atoms with Crippen molar-refractivity contribution in [1.82, 2.24) is 15.5 Å². The molecule has 0 radical (unpaired) electrons. The minimum absolute atomic E-state index is 0.0493. The zero-order valence-corrected chi connectivity index (χ0v) is 20.5. The van der Waals surface area contributed by atoms with E-state index >= 15 is 0 Å². The lowest BCUT2D eigenvalue weighted by Gasteiger charge is -2.42. The van der Waals surface area contributed by atoms with Crippen LogP contribution >= 0.6 is 0 Å². The molecule has 2 aromatic carbocycles. The lowest BCUT2D eigenvalue weighted by molar-refractivity contribution is -0.132. The number of nitrogens with one attached hydrogen (secondary N) is 3. The second kappa shape index (κ2) is 10.2. The zero-order valence-electron chi connectivity index (χ0n) is 20.5. The van der Waals surface area contributed by atoms with Gasteiger partial charge in [0, 0.05) is 37.2 Å². The van der Waals surface area contributed by atoms with Crippen LogP contribution in [0.2, 0.25) is 0 Å². The highest BCUT2D eigenvalue weighted by Crippen LogP contribution is 2.33. The second-order valence-corrected chi connectivity index (χ2v) is 9.85. The zero-order chi connectivity index (χ0) is 25.2. The molecule has 1 heterocycles. The molecule has 186 valence electrons. The van der Waals surface area contributed by atoms with Crippen LogP contribution in [0.5, 0.6) is 0 Å². The predicted molar refractivity (Wildman–Crippen MR) is 133 cm³/mol. The summed E-state index contributed by atoms with van der Waals surface area (Å²) in [4.78, 5) is 27.7. The molecule has 0 saturated carbocycles.